The van der Waals surface area contributed by atoms with E-state index in [1.807, 2.05) is 0 Å². The smallest absolute Gasteiger partial charge is 0.350 e. The third-order valence-corrected chi connectivity index (χ3v) is 3.86. The summed E-state index contributed by atoms with van der Waals surface area (Å²) >= 11 is 0.896. The third kappa shape index (κ3) is 2.66. The lowest BCUT2D eigenvalue weighted by Crippen LogP contribution is -2.52. The Kier molecular flexibility index (Phi) is 3.68. The standard InChI is InChI=1S/C10H12F3N3O2S/c11-10(12,13)9(1-2-14-5-9)7(17)15-3-6-4-19-8(18)16-6/h4,14H,1-3,5H2,(H,15,17)(H,16,18). The molecule has 19 heavy (non-hydrogen) atoms. The van der Waals surface area contributed by atoms with Crippen LogP contribution in [0.2, 0.25) is 0 Å². The number of alkyl halides is 3. The highest BCUT2D eigenvalue weighted by atomic mass is 32.1. The van der Waals surface area contributed by atoms with Gasteiger partial charge < -0.3 is 15.6 Å². The van der Waals surface area contributed by atoms with Crippen molar-refractivity contribution in [2.24, 2.45) is 5.41 Å². The van der Waals surface area contributed by atoms with Crippen molar-refractivity contribution in [2.45, 2.75) is 19.1 Å². The molecule has 1 atom stereocenters. The summed E-state index contributed by atoms with van der Waals surface area (Å²) in [6.07, 6.45) is -4.87. The first-order valence-corrected chi connectivity index (χ1v) is 6.45. The van der Waals surface area contributed by atoms with Crippen molar-refractivity contribution >= 4 is 17.2 Å². The van der Waals surface area contributed by atoms with Gasteiger partial charge in [0.1, 0.15) is 0 Å². The highest BCUT2D eigenvalue weighted by Crippen LogP contribution is 2.43. The van der Waals surface area contributed by atoms with Crippen LogP contribution in [-0.4, -0.2) is 30.2 Å². The zero-order chi connectivity index (χ0) is 14.1. The number of hydrogen-bond donors (Lipinski definition) is 3. The minimum atomic E-state index is -4.59. The van der Waals surface area contributed by atoms with E-state index in [0.717, 1.165) is 11.3 Å². The number of aromatic nitrogens is 1. The largest absolute Gasteiger partial charge is 0.404 e. The molecule has 1 aromatic rings. The molecule has 1 aromatic heterocycles. The van der Waals surface area contributed by atoms with Crippen LogP contribution >= 0.6 is 11.3 Å². The van der Waals surface area contributed by atoms with Crippen molar-refractivity contribution in [3.05, 3.63) is 20.7 Å². The van der Waals surface area contributed by atoms with Crippen LogP contribution in [0.4, 0.5) is 13.2 Å². The van der Waals surface area contributed by atoms with E-state index in [4.69, 9.17) is 0 Å². The molecule has 0 aromatic carbocycles. The molecule has 5 nitrogen and oxygen atoms in total. The van der Waals surface area contributed by atoms with Crippen molar-refractivity contribution in [3.8, 4) is 0 Å². The Labute approximate surface area is 110 Å². The molecule has 106 valence electrons. The fourth-order valence-electron chi connectivity index (χ4n) is 2.00. The van der Waals surface area contributed by atoms with Crippen LogP contribution in [0, 0.1) is 5.41 Å². The predicted octanol–water partition coefficient (Wildman–Crippen LogP) is 0.595. The molecule has 0 bridgehead atoms. The van der Waals surface area contributed by atoms with Crippen LogP contribution < -0.4 is 15.5 Å². The maximum absolute atomic E-state index is 13.0. The van der Waals surface area contributed by atoms with Gasteiger partial charge in [0.2, 0.25) is 5.91 Å². The molecule has 1 unspecified atom stereocenters. The minimum absolute atomic E-state index is 0.116. The average Bonchev–Trinajstić information content (AvgIpc) is 2.94. The number of hydrogen-bond acceptors (Lipinski definition) is 4. The Morgan fingerprint density at radius 3 is 2.74 bits per heavy atom. The van der Waals surface area contributed by atoms with Gasteiger partial charge in [0.05, 0.1) is 6.54 Å². The molecular formula is C10H12F3N3O2S. The van der Waals surface area contributed by atoms with Crippen LogP contribution in [0.25, 0.3) is 0 Å². The summed E-state index contributed by atoms with van der Waals surface area (Å²) in [5, 5.41) is 6.27. The maximum atomic E-state index is 13.0. The van der Waals surface area contributed by atoms with Crippen molar-refractivity contribution < 1.29 is 18.0 Å². The average molecular weight is 295 g/mol. The van der Waals surface area contributed by atoms with Crippen LogP contribution in [-0.2, 0) is 11.3 Å². The van der Waals surface area contributed by atoms with E-state index in [-0.39, 0.29) is 24.4 Å². The number of carbonyl (C=O) groups is 1. The summed E-state index contributed by atoms with van der Waals surface area (Å²) in [5.41, 5.74) is -1.98. The molecule has 1 aliphatic heterocycles. The molecule has 1 amide bonds. The van der Waals surface area contributed by atoms with Gasteiger partial charge in [-0.3, -0.25) is 9.59 Å². The van der Waals surface area contributed by atoms with Gasteiger partial charge >= 0.3 is 11.0 Å². The number of thiazole rings is 1. The first kappa shape index (κ1) is 14.1. The van der Waals surface area contributed by atoms with Crippen LogP contribution in [0.15, 0.2) is 10.2 Å². The van der Waals surface area contributed by atoms with Gasteiger partial charge in [-0.25, -0.2) is 0 Å². The molecule has 0 aliphatic carbocycles. The number of rotatable bonds is 3. The second-order valence-corrected chi connectivity index (χ2v) is 5.20. The Balaban J connectivity index is 2.07. The summed E-state index contributed by atoms with van der Waals surface area (Å²) in [6.45, 7) is -0.375. The van der Waals surface area contributed by atoms with Gasteiger partial charge in [-0.1, -0.05) is 11.3 Å². The number of aromatic amines is 1. The third-order valence-electron chi connectivity index (χ3n) is 3.14. The molecule has 1 aliphatic rings. The first-order valence-electron chi connectivity index (χ1n) is 5.58. The van der Waals surface area contributed by atoms with Crippen molar-refractivity contribution in [3.63, 3.8) is 0 Å². The molecule has 3 N–H and O–H groups in total. The van der Waals surface area contributed by atoms with Gasteiger partial charge in [0, 0.05) is 17.6 Å². The monoisotopic (exact) mass is 295 g/mol. The highest BCUT2D eigenvalue weighted by Gasteiger charge is 2.61. The molecular weight excluding hydrogens is 283 g/mol. The quantitative estimate of drug-likeness (QED) is 0.764. The van der Waals surface area contributed by atoms with Gasteiger partial charge in [0.15, 0.2) is 5.41 Å². The molecule has 0 spiro atoms. The Morgan fingerprint density at radius 1 is 1.53 bits per heavy atom. The molecule has 2 rings (SSSR count). The lowest BCUT2D eigenvalue weighted by atomic mass is 9.85. The minimum Gasteiger partial charge on any atom is -0.350 e. The highest BCUT2D eigenvalue weighted by molar-refractivity contribution is 7.07. The van der Waals surface area contributed by atoms with Crippen LogP contribution in [0.3, 0.4) is 0 Å². The fraction of sp³-hybridized carbons (Fsp3) is 0.600. The van der Waals surface area contributed by atoms with Crippen molar-refractivity contribution in [1.82, 2.24) is 15.6 Å². The zero-order valence-electron chi connectivity index (χ0n) is 9.76. The van der Waals surface area contributed by atoms with Gasteiger partial charge in [0.25, 0.3) is 0 Å². The van der Waals surface area contributed by atoms with Crippen molar-refractivity contribution in [2.75, 3.05) is 13.1 Å². The van der Waals surface area contributed by atoms with Crippen LogP contribution in [0.5, 0.6) is 0 Å². The Hall–Kier alpha value is -1.35. The number of carbonyl (C=O) groups excluding carboxylic acids is 1. The molecule has 0 saturated carbocycles. The second kappa shape index (κ2) is 4.97. The normalized spacial score (nSPS) is 23.5. The Bertz CT molecular complexity index is 517. The zero-order valence-corrected chi connectivity index (χ0v) is 10.6. The molecule has 9 heteroatoms. The molecule has 1 fully saturated rings. The SMILES string of the molecule is O=C(NCc1csc(=O)[nH]1)C1(C(F)(F)F)CCNC1. The lowest BCUT2D eigenvalue weighted by molar-refractivity contribution is -0.216. The van der Waals surface area contributed by atoms with Gasteiger partial charge in [-0.15, -0.1) is 0 Å². The lowest BCUT2D eigenvalue weighted by Gasteiger charge is -2.29. The Morgan fingerprint density at radius 2 is 2.26 bits per heavy atom. The number of nitrogens with one attached hydrogen (secondary N) is 3. The van der Waals surface area contributed by atoms with E-state index in [9.17, 15) is 22.8 Å². The van der Waals surface area contributed by atoms with Gasteiger partial charge in [-0.05, 0) is 13.0 Å². The van der Waals surface area contributed by atoms with E-state index in [1.54, 1.807) is 0 Å². The second-order valence-electron chi connectivity index (χ2n) is 4.36. The van der Waals surface area contributed by atoms with E-state index in [2.05, 4.69) is 15.6 Å². The van der Waals surface area contributed by atoms with E-state index in [0.29, 0.717) is 5.69 Å². The number of amides is 1. The van der Waals surface area contributed by atoms with Crippen LogP contribution in [0.1, 0.15) is 12.1 Å². The predicted molar refractivity (Wildman–Crippen MR) is 62.8 cm³/mol. The molecule has 0 radical (unpaired) electrons. The van der Waals surface area contributed by atoms with E-state index < -0.39 is 24.0 Å². The summed E-state index contributed by atoms with van der Waals surface area (Å²) < 4.78 is 39.1. The summed E-state index contributed by atoms with van der Waals surface area (Å²) in [5.74, 6) is -1.06. The van der Waals surface area contributed by atoms with E-state index >= 15 is 0 Å². The van der Waals surface area contributed by atoms with E-state index in [1.165, 1.54) is 5.38 Å². The topological polar surface area (TPSA) is 74.0 Å². The fourth-order valence-corrected chi connectivity index (χ4v) is 2.58. The summed E-state index contributed by atoms with van der Waals surface area (Å²) in [7, 11) is 0. The number of H-pyrrole nitrogens is 1. The van der Waals surface area contributed by atoms with Gasteiger partial charge in [-0.2, -0.15) is 13.2 Å². The molecule has 2 heterocycles. The first-order chi connectivity index (χ1) is 8.85. The number of halogens is 3. The van der Waals surface area contributed by atoms with Crippen molar-refractivity contribution in [1.29, 1.82) is 0 Å². The summed E-state index contributed by atoms with van der Waals surface area (Å²) in [6, 6.07) is 0. The maximum Gasteiger partial charge on any atom is 0.404 e. The molecule has 1 saturated heterocycles. The summed E-state index contributed by atoms with van der Waals surface area (Å²) in [4.78, 5) is 24.8.